The molecule has 0 radical (unpaired) electrons. The second-order valence-electron chi connectivity index (χ2n) is 10.1. The number of hydrogen-bond acceptors (Lipinski definition) is 2. The predicted octanol–water partition coefficient (Wildman–Crippen LogP) is 9.91. The van der Waals surface area contributed by atoms with Gasteiger partial charge in [-0.15, -0.1) is 0 Å². The maximum absolute atomic E-state index is 5.04. The van der Waals surface area contributed by atoms with Crippen molar-refractivity contribution in [2.45, 2.75) is 13.8 Å². The lowest BCUT2D eigenvalue weighted by Gasteiger charge is -2.07. The van der Waals surface area contributed by atoms with Gasteiger partial charge in [0.25, 0.3) is 0 Å². The van der Waals surface area contributed by atoms with Gasteiger partial charge in [0.2, 0.25) is 0 Å². The summed E-state index contributed by atoms with van der Waals surface area (Å²) in [4.78, 5) is 13.6. The Morgan fingerprint density at radius 1 is 0.436 bits per heavy atom. The van der Waals surface area contributed by atoms with Gasteiger partial charge < -0.3 is 4.98 Å². The molecule has 3 nitrogen and oxygen atoms in total. The fourth-order valence-corrected chi connectivity index (χ4v) is 5.39. The van der Waals surface area contributed by atoms with E-state index in [1.807, 2.05) is 0 Å². The van der Waals surface area contributed by atoms with Crippen LogP contribution in [0.3, 0.4) is 0 Å². The molecule has 0 saturated heterocycles. The standard InChI is InChI=1S/C36H27N3/c1-23(37-35-15-7-13-29-19-25-9-3-5-11-27(25)21-31(29)35)33-17-18-34(39-33)24(2)38-36-16-8-14-30-20-26-10-4-6-12-28(26)22-32(30)36/h3-22,39H,1-2H3. The number of nitrogens with one attached hydrogen (secondary N) is 1. The fraction of sp³-hybridized carbons (Fsp3) is 0.0556. The summed E-state index contributed by atoms with van der Waals surface area (Å²) in [6, 6.07) is 42.7. The van der Waals surface area contributed by atoms with Crippen molar-refractivity contribution in [3.05, 3.63) is 133 Å². The zero-order valence-electron chi connectivity index (χ0n) is 21.9. The molecule has 1 N–H and O–H groups in total. The van der Waals surface area contributed by atoms with Crippen LogP contribution in [0.25, 0.3) is 43.1 Å². The van der Waals surface area contributed by atoms with E-state index in [0.29, 0.717) is 0 Å². The van der Waals surface area contributed by atoms with Crippen LogP contribution in [0.5, 0.6) is 0 Å². The summed E-state index contributed by atoms with van der Waals surface area (Å²) in [5.74, 6) is 0. The van der Waals surface area contributed by atoms with Crippen molar-refractivity contribution in [1.82, 2.24) is 4.98 Å². The number of nitrogens with zero attached hydrogens (tertiary/aromatic N) is 2. The molecule has 0 atom stereocenters. The third-order valence-corrected chi connectivity index (χ3v) is 7.49. The van der Waals surface area contributed by atoms with Gasteiger partial charge >= 0.3 is 0 Å². The van der Waals surface area contributed by atoms with E-state index in [2.05, 4.69) is 140 Å². The minimum absolute atomic E-state index is 0.936. The van der Waals surface area contributed by atoms with Gasteiger partial charge in [-0.05, 0) is 94.7 Å². The lowest BCUT2D eigenvalue weighted by atomic mass is 10.0. The first-order valence-corrected chi connectivity index (χ1v) is 13.3. The summed E-state index contributed by atoms with van der Waals surface area (Å²) < 4.78 is 0. The van der Waals surface area contributed by atoms with Crippen molar-refractivity contribution in [3.63, 3.8) is 0 Å². The van der Waals surface area contributed by atoms with Gasteiger partial charge in [0.1, 0.15) is 0 Å². The smallest absolute Gasteiger partial charge is 0.0712 e. The van der Waals surface area contributed by atoms with Gasteiger partial charge in [0, 0.05) is 10.8 Å². The number of benzene rings is 6. The third-order valence-electron chi connectivity index (χ3n) is 7.49. The van der Waals surface area contributed by atoms with Gasteiger partial charge in [0.15, 0.2) is 0 Å². The molecule has 0 aliphatic heterocycles. The van der Waals surface area contributed by atoms with Crippen molar-refractivity contribution >= 4 is 65.9 Å². The lowest BCUT2D eigenvalue weighted by molar-refractivity contribution is 1.31. The maximum atomic E-state index is 5.04. The highest BCUT2D eigenvalue weighted by Crippen LogP contribution is 2.32. The summed E-state index contributed by atoms with van der Waals surface area (Å²) in [7, 11) is 0. The van der Waals surface area contributed by atoms with Crippen molar-refractivity contribution in [2.75, 3.05) is 0 Å². The Morgan fingerprint density at radius 3 is 1.26 bits per heavy atom. The minimum atomic E-state index is 0.936. The van der Waals surface area contributed by atoms with E-state index in [1.54, 1.807) is 0 Å². The Hall–Kier alpha value is -5.02. The number of aromatic nitrogens is 1. The first-order valence-electron chi connectivity index (χ1n) is 13.3. The van der Waals surface area contributed by atoms with Crippen molar-refractivity contribution in [3.8, 4) is 0 Å². The molecule has 0 saturated carbocycles. The summed E-state index contributed by atoms with van der Waals surface area (Å²) in [6.07, 6.45) is 0. The average molecular weight is 502 g/mol. The first kappa shape index (κ1) is 23.1. The number of rotatable bonds is 4. The molecule has 0 fully saturated rings. The number of hydrogen-bond donors (Lipinski definition) is 1. The van der Waals surface area contributed by atoms with Crippen LogP contribution in [0.2, 0.25) is 0 Å². The Morgan fingerprint density at radius 2 is 0.821 bits per heavy atom. The van der Waals surface area contributed by atoms with Gasteiger partial charge in [0.05, 0.1) is 34.2 Å². The monoisotopic (exact) mass is 501 g/mol. The molecule has 0 aliphatic carbocycles. The summed E-state index contributed by atoms with van der Waals surface area (Å²) in [5.41, 5.74) is 5.79. The molecule has 0 bridgehead atoms. The SMILES string of the molecule is CC(=Nc1cccc2cc3ccccc3cc12)c1ccc(C(C)=Nc2cccc3cc4ccccc4cc23)[nH]1. The fourth-order valence-electron chi connectivity index (χ4n) is 5.39. The lowest BCUT2D eigenvalue weighted by Crippen LogP contribution is -1.99. The first-order chi connectivity index (χ1) is 19.1. The van der Waals surface area contributed by atoms with Crippen LogP contribution in [0.15, 0.2) is 131 Å². The minimum Gasteiger partial charge on any atom is -0.353 e. The average Bonchev–Trinajstić information content (AvgIpc) is 3.47. The summed E-state index contributed by atoms with van der Waals surface area (Å²) in [6.45, 7) is 4.11. The number of aromatic amines is 1. The molecule has 0 amide bonds. The van der Waals surface area contributed by atoms with Gasteiger partial charge in [-0.1, -0.05) is 72.8 Å². The van der Waals surface area contributed by atoms with Gasteiger partial charge in [-0.2, -0.15) is 0 Å². The van der Waals surface area contributed by atoms with E-state index >= 15 is 0 Å². The van der Waals surface area contributed by atoms with E-state index < -0.39 is 0 Å². The van der Waals surface area contributed by atoms with Crippen LogP contribution in [-0.2, 0) is 0 Å². The third kappa shape index (κ3) is 4.28. The second kappa shape index (κ2) is 9.38. The molecule has 0 unspecified atom stereocenters. The van der Waals surface area contributed by atoms with Crippen LogP contribution < -0.4 is 0 Å². The summed E-state index contributed by atoms with van der Waals surface area (Å²) in [5, 5.41) is 9.63. The van der Waals surface area contributed by atoms with Gasteiger partial charge in [-0.25, -0.2) is 0 Å². The molecule has 6 aromatic carbocycles. The largest absolute Gasteiger partial charge is 0.353 e. The normalized spacial score (nSPS) is 12.7. The molecule has 0 aliphatic rings. The molecule has 1 heterocycles. The zero-order chi connectivity index (χ0) is 26.3. The molecular weight excluding hydrogens is 474 g/mol. The summed E-state index contributed by atoms with van der Waals surface area (Å²) >= 11 is 0. The van der Waals surface area contributed by atoms with Gasteiger partial charge in [-0.3, -0.25) is 9.98 Å². The molecule has 1 aromatic heterocycles. The zero-order valence-corrected chi connectivity index (χ0v) is 21.9. The van der Waals surface area contributed by atoms with E-state index in [1.165, 1.54) is 32.3 Å². The highest BCUT2D eigenvalue weighted by Gasteiger charge is 2.09. The molecular formula is C36H27N3. The van der Waals surface area contributed by atoms with Crippen LogP contribution in [0, 0.1) is 0 Å². The van der Waals surface area contributed by atoms with Crippen LogP contribution in [-0.4, -0.2) is 16.4 Å². The van der Waals surface area contributed by atoms with E-state index in [4.69, 9.17) is 9.98 Å². The predicted molar refractivity (Wildman–Crippen MR) is 167 cm³/mol. The molecule has 0 spiro atoms. The topological polar surface area (TPSA) is 40.5 Å². The Kier molecular flexibility index (Phi) is 5.56. The number of H-pyrrole nitrogens is 1. The molecule has 39 heavy (non-hydrogen) atoms. The quantitative estimate of drug-likeness (QED) is 0.184. The Balaban J connectivity index is 1.24. The van der Waals surface area contributed by atoms with Crippen molar-refractivity contribution < 1.29 is 0 Å². The van der Waals surface area contributed by atoms with E-state index in [9.17, 15) is 0 Å². The van der Waals surface area contributed by atoms with Crippen LogP contribution in [0.4, 0.5) is 11.4 Å². The molecule has 3 heteroatoms. The van der Waals surface area contributed by atoms with Crippen LogP contribution in [0.1, 0.15) is 25.2 Å². The second-order valence-corrected chi connectivity index (χ2v) is 10.1. The van der Waals surface area contributed by atoms with E-state index in [0.717, 1.165) is 45.0 Å². The maximum Gasteiger partial charge on any atom is 0.0712 e. The molecule has 7 aromatic rings. The molecule has 186 valence electrons. The number of fused-ring (bicyclic) bond motifs is 4. The highest BCUT2D eigenvalue weighted by atomic mass is 14.8. The van der Waals surface area contributed by atoms with Crippen LogP contribution >= 0.6 is 0 Å². The molecule has 7 rings (SSSR count). The van der Waals surface area contributed by atoms with Crippen molar-refractivity contribution in [1.29, 1.82) is 0 Å². The number of aliphatic imine (C=N–C) groups is 2. The Bertz CT molecular complexity index is 1940. The van der Waals surface area contributed by atoms with E-state index in [-0.39, 0.29) is 0 Å². The van der Waals surface area contributed by atoms with Crippen molar-refractivity contribution in [2.24, 2.45) is 9.98 Å². The highest BCUT2D eigenvalue weighted by molar-refractivity contribution is 6.09. The Labute approximate surface area is 227 Å².